The summed E-state index contributed by atoms with van der Waals surface area (Å²) in [6.45, 7) is 6.51. The van der Waals surface area contributed by atoms with Crippen LogP contribution in [0, 0.1) is 0 Å². The summed E-state index contributed by atoms with van der Waals surface area (Å²) in [5.74, 6) is -0.915. The minimum Gasteiger partial charge on any atom is -0.462 e. The highest BCUT2D eigenvalue weighted by molar-refractivity contribution is 5.71. The van der Waals surface area contributed by atoms with Gasteiger partial charge in [0.25, 0.3) is 0 Å². The van der Waals surface area contributed by atoms with E-state index in [1.807, 2.05) is 0 Å². The molecule has 6 heteroatoms. The van der Waals surface area contributed by atoms with Gasteiger partial charge in [0.05, 0.1) is 0 Å². The Kier molecular flexibility index (Phi) is 62.7. The van der Waals surface area contributed by atoms with Crippen molar-refractivity contribution < 1.29 is 28.6 Å². The van der Waals surface area contributed by atoms with E-state index in [0.29, 0.717) is 19.3 Å². The van der Waals surface area contributed by atoms with E-state index in [-0.39, 0.29) is 37.5 Å². The Morgan fingerprint density at radius 1 is 0.273 bits per heavy atom. The van der Waals surface area contributed by atoms with Gasteiger partial charge in [-0.3, -0.25) is 14.4 Å². The number of hydrogen-bond donors (Lipinski definition) is 0. The van der Waals surface area contributed by atoms with Crippen molar-refractivity contribution in [3.63, 3.8) is 0 Å². The Bertz CT molecular complexity index is 1420. The molecule has 0 aromatic rings. The molecule has 446 valence electrons. The molecule has 0 aliphatic heterocycles. The summed E-state index contributed by atoms with van der Waals surface area (Å²) in [4.78, 5) is 38.2. The van der Waals surface area contributed by atoms with Crippen LogP contribution in [0.5, 0.6) is 0 Å². The molecule has 0 amide bonds. The molecule has 0 N–H and O–H groups in total. The van der Waals surface area contributed by atoms with Gasteiger partial charge in [-0.05, 0) is 89.9 Å². The first-order chi connectivity index (χ1) is 38.0. The van der Waals surface area contributed by atoms with Gasteiger partial charge in [-0.15, -0.1) is 0 Å². The zero-order chi connectivity index (χ0) is 55.7. The van der Waals surface area contributed by atoms with Crippen LogP contribution in [0.3, 0.4) is 0 Å². The molecule has 0 heterocycles. The average Bonchev–Trinajstić information content (AvgIpc) is 3.43. The van der Waals surface area contributed by atoms with Crippen molar-refractivity contribution in [2.45, 2.75) is 348 Å². The summed E-state index contributed by atoms with van der Waals surface area (Å²) in [6.07, 6.45) is 85.2. The van der Waals surface area contributed by atoms with E-state index in [1.54, 1.807) is 0 Å². The maximum absolute atomic E-state index is 12.8. The minimum absolute atomic E-state index is 0.0878. The van der Waals surface area contributed by atoms with Crippen LogP contribution >= 0.6 is 0 Å². The standard InChI is InChI=1S/C71H126O6/c1-4-7-10-13-16-19-22-24-26-27-28-29-30-31-32-33-34-35-36-37-38-39-40-41-42-43-45-46-49-52-55-58-61-64-70(73)76-67-68(66-75-69(72)63-60-57-54-51-48-21-18-15-12-9-6-3)77-71(74)65-62-59-56-53-50-47-44-25-23-20-17-14-11-8-5-2/h8,11,17,20,22,24-25,27-28,44,50,53,68H,4-7,9-10,12-16,18-19,21,23,26,29-43,45-49,51-52,54-67H2,1-3H3/b11-8-,20-17-,24-22-,28-27-,44-25-,53-50-. The van der Waals surface area contributed by atoms with E-state index in [9.17, 15) is 14.4 Å². The predicted octanol–water partition coefficient (Wildman–Crippen LogP) is 22.9. The van der Waals surface area contributed by atoms with Crippen LogP contribution in [-0.4, -0.2) is 37.2 Å². The Labute approximate surface area is 478 Å². The average molecular weight is 1080 g/mol. The van der Waals surface area contributed by atoms with E-state index in [0.717, 1.165) is 83.5 Å². The van der Waals surface area contributed by atoms with Gasteiger partial charge in [0.2, 0.25) is 0 Å². The lowest BCUT2D eigenvalue weighted by Crippen LogP contribution is -2.30. The van der Waals surface area contributed by atoms with Crippen molar-refractivity contribution in [1.29, 1.82) is 0 Å². The topological polar surface area (TPSA) is 78.9 Å². The molecule has 1 atom stereocenters. The highest BCUT2D eigenvalue weighted by atomic mass is 16.6. The van der Waals surface area contributed by atoms with Crippen LogP contribution in [0.2, 0.25) is 0 Å². The van der Waals surface area contributed by atoms with Gasteiger partial charge in [0, 0.05) is 19.3 Å². The van der Waals surface area contributed by atoms with Crippen molar-refractivity contribution in [2.24, 2.45) is 0 Å². The molecule has 0 saturated heterocycles. The minimum atomic E-state index is -0.794. The SMILES string of the molecule is CC/C=C\C/C=C\C/C=C\C/C=C\CCCCC(=O)OC(COC(=O)CCCCCCCCCCCCC)COC(=O)CCCCCCCCCCCCCCCCCCCCCCC/C=C\C/C=C\CCCCCCC. The molecule has 1 unspecified atom stereocenters. The molecule has 0 aromatic carbocycles. The van der Waals surface area contributed by atoms with Crippen molar-refractivity contribution in [1.82, 2.24) is 0 Å². The molecule has 6 nitrogen and oxygen atoms in total. The van der Waals surface area contributed by atoms with E-state index < -0.39 is 6.10 Å². The fourth-order valence-corrected chi connectivity index (χ4v) is 9.70. The number of unbranched alkanes of at least 4 members (excludes halogenated alkanes) is 38. The summed E-state index contributed by atoms with van der Waals surface area (Å²) in [5, 5.41) is 0. The molecule has 77 heavy (non-hydrogen) atoms. The molecular formula is C71H126O6. The second-order valence-corrected chi connectivity index (χ2v) is 22.4. The highest BCUT2D eigenvalue weighted by Gasteiger charge is 2.19. The molecule has 0 bridgehead atoms. The number of rotatable bonds is 61. The third-order valence-corrected chi connectivity index (χ3v) is 14.7. The van der Waals surface area contributed by atoms with Crippen LogP contribution in [0.15, 0.2) is 72.9 Å². The third-order valence-electron chi connectivity index (χ3n) is 14.7. The molecule has 0 saturated carbocycles. The smallest absolute Gasteiger partial charge is 0.306 e. The van der Waals surface area contributed by atoms with Crippen molar-refractivity contribution in [3.8, 4) is 0 Å². The molecule has 0 fully saturated rings. The number of allylic oxidation sites excluding steroid dienone is 12. The van der Waals surface area contributed by atoms with E-state index in [2.05, 4.69) is 93.7 Å². The van der Waals surface area contributed by atoms with E-state index in [4.69, 9.17) is 14.2 Å². The first kappa shape index (κ1) is 73.8. The monoisotopic (exact) mass is 1070 g/mol. The zero-order valence-corrected chi connectivity index (χ0v) is 51.2. The van der Waals surface area contributed by atoms with Crippen LogP contribution in [-0.2, 0) is 28.6 Å². The summed E-state index contributed by atoms with van der Waals surface area (Å²) in [7, 11) is 0. The summed E-state index contributed by atoms with van der Waals surface area (Å²) >= 11 is 0. The molecule has 0 aliphatic rings. The van der Waals surface area contributed by atoms with Crippen LogP contribution < -0.4 is 0 Å². The zero-order valence-electron chi connectivity index (χ0n) is 51.2. The maximum atomic E-state index is 12.8. The first-order valence-corrected chi connectivity index (χ1v) is 33.4. The molecule has 0 radical (unpaired) electrons. The number of ether oxygens (including phenoxy) is 3. The summed E-state index contributed by atoms with van der Waals surface area (Å²) in [5.41, 5.74) is 0. The third kappa shape index (κ3) is 63.6. The fourth-order valence-electron chi connectivity index (χ4n) is 9.70. The summed E-state index contributed by atoms with van der Waals surface area (Å²) < 4.78 is 16.9. The molecule has 0 aliphatic carbocycles. The molecular weight excluding hydrogens is 949 g/mol. The maximum Gasteiger partial charge on any atom is 0.306 e. The number of carbonyl (C=O) groups excluding carboxylic acids is 3. The summed E-state index contributed by atoms with van der Waals surface area (Å²) in [6, 6.07) is 0. The van der Waals surface area contributed by atoms with E-state index >= 15 is 0 Å². The van der Waals surface area contributed by atoms with Gasteiger partial charge in [-0.1, -0.05) is 306 Å². The lowest BCUT2D eigenvalue weighted by atomic mass is 10.0. The van der Waals surface area contributed by atoms with Gasteiger partial charge in [0.15, 0.2) is 6.10 Å². The second kappa shape index (κ2) is 65.4. The van der Waals surface area contributed by atoms with E-state index in [1.165, 1.54) is 212 Å². The van der Waals surface area contributed by atoms with Gasteiger partial charge < -0.3 is 14.2 Å². The van der Waals surface area contributed by atoms with Gasteiger partial charge in [-0.25, -0.2) is 0 Å². The Morgan fingerprint density at radius 3 is 0.818 bits per heavy atom. The van der Waals surface area contributed by atoms with Crippen molar-refractivity contribution >= 4 is 17.9 Å². The van der Waals surface area contributed by atoms with Crippen LogP contribution in [0.4, 0.5) is 0 Å². The van der Waals surface area contributed by atoms with Crippen LogP contribution in [0.1, 0.15) is 342 Å². The van der Waals surface area contributed by atoms with Gasteiger partial charge in [0.1, 0.15) is 13.2 Å². The van der Waals surface area contributed by atoms with Crippen LogP contribution in [0.25, 0.3) is 0 Å². The Balaban J connectivity index is 4.10. The Hall–Kier alpha value is -3.15. The Morgan fingerprint density at radius 2 is 0.506 bits per heavy atom. The molecule has 0 rings (SSSR count). The van der Waals surface area contributed by atoms with Crippen molar-refractivity contribution in [2.75, 3.05) is 13.2 Å². The highest BCUT2D eigenvalue weighted by Crippen LogP contribution is 2.17. The predicted molar refractivity (Wildman–Crippen MR) is 335 cm³/mol. The fraction of sp³-hybridized carbons (Fsp3) is 0.789. The quantitative estimate of drug-likeness (QED) is 0.0261. The van der Waals surface area contributed by atoms with Gasteiger partial charge in [-0.2, -0.15) is 0 Å². The second-order valence-electron chi connectivity index (χ2n) is 22.4. The number of hydrogen-bond acceptors (Lipinski definition) is 6. The molecule has 0 aromatic heterocycles. The molecule has 0 spiro atoms. The normalized spacial score (nSPS) is 12.5. The number of carbonyl (C=O) groups is 3. The lowest BCUT2D eigenvalue weighted by Gasteiger charge is -2.18. The number of esters is 3. The largest absolute Gasteiger partial charge is 0.462 e. The van der Waals surface area contributed by atoms with Gasteiger partial charge >= 0.3 is 17.9 Å². The van der Waals surface area contributed by atoms with Crippen molar-refractivity contribution in [3.05, 3.63) is 72.9 Å². The lowest BCUT2D eigenvalue weighted by molar-refractivity contribution is -0.167. The first-order valence-electron chi connectivity index (χ1n) is 33.4.